The summed E-state index contributed by atoms with van der Waals surface area (Å²) in [5.41, 5.74) is 0. The summed E-state index contributed by atoms with van der Waals surface area (Å²) in [4.78, 5) is 23.5. The summed E-state index contributed by atoms with van der Waals surface area (Å²) in [6.07, 6.45) is 1.04. The molecule has 0 fully saturated rings. The van der Waals surface area contributed by atoms with Gasteiger partial charge in [-0.05, 0) is 24.7 Å². The minimum Gasteiger partial charge on any atom is -0.394 e. The Kier molecular flexibility index (Phi) is 9.99. The van der Waals surface area contributed by atoms with Crippen molar-refractivity contribution in [3.63, 3.8) is 0 Å². The first-order valence-corrected chi connectivity index (χ1v) is 7.58. The third-order valence-electron chi connectivity index (χ3n) is 3.00. The molecule has 2 atom stereocenters. The van der Waals surface area contributed by atoms with Gasteiger partial charge in [0.2, 0.25) is 11.8 Å². The third-order valence-corrected chi connectivity index (χ3v) is 3.00. The molecule has 0 saturated heterocycles. The highest BCUT2D eigenvalue weighted by Crippen LogP contribution is 2.05. The van der Waals surface area contributed by atoms with E-state index in [1.165, 1.54) is 0 Å². The SMILES string of the molecule is CC(C)C[C@H](CO)NC(=O)CC(=O)N[C@@H](CO)CC(C)C. The van der Waals surface area contributed by atoms with Gasteiger partial charge in [0.15, 0.2) is 0 Å². The maximum Gasteiger partial charge on any atom is 0.229 e. The van der Waals surface area contributed by atoms with E-state index in [1.54, 1.807) is 0 Å². The lowest BCUT2D eigenvalue weighted by atomic mass is 10.0. The highest BCUT2D eigenvalue weighted by atomic mass is 16.3. The van der Waals surface area contributed by atoms with Crippen LogP contribution in [0.1, 0.15) is 47.0 Å². The molecule has 0 aromatic carbocycles. The Morgan fingerprint density at radius 2 is 1.14 bits per heavy atom. The number of rotatable bonds is 10. The summed E-state index contributed by atoms with van der Waals surface area (Å²) in [7, 11) is 0. The Labute approximate surface area is 127 Å². The molecule has 2 amide bonds. The van der Waals surface area contributed by atoms with E-state index in [-0.39, 0.29) is 31.7 Å². The van der Waals surface area contributed by atoms with Gasteiger partial charge in [-0.15, -0.1) is 0 Å². The fraction of sp³-hybridized carbons (Fsp3) is 0.867. The van der Waals surface area contributed by atoms with E-state index in [0.717, 1.165) is 0 Å². The second-order valence-corrected chi connectivity index (χ2v) is 6.33. The van der Waals surface area contributed by atoms with Crippen LogP contribution in [-0.4, -0.2) is 47.3 Å². The Balaban J connectivity index is 4.21. The molecule has 0 unspecified atom stereocenters. The molecule has 0 aliphatic carbocycles. The number of hydrogen-bond acceptors (Lipinski definition) is 4. The zero-order valence-corrected chi connectivity index (χ0v) is 13.6. The number of carbonyl (C=O) groups excluding carboxylic acids is 2. The molecule has 6 nitrogen and oxygen atoms in total. The normalized spacial score (nSPS) is 14.1. The van der Waals surface area contributed by atoms with E-state index in [2.05, 4.69) is 10.6 Å². The summed E-state index contributed by atoms with van der Waals surface area (Å²) >= 11 is 0. The summed E-state index contributed by atoms with van der Waals surface area (Å²) in [6, 6.07) is -0.649. The number of amides is 2. The van der Waals surface area contributed by atoms with Crippen LogP contribution in [0.2, 0.25) is 0 Å². The second kappa shape index (κ2) is 10.6. The number of aliphatic hydroxyl groups is 2. The zero-order valence-electron chi connectivity index (χ0n) is 13.6. The van der Waals surface area contributed by atoms with Crippen LogP contribution in [0.4, 0.5) is 0 Å². The molecule has 0 aromatic rings. The van der Waals surface area contributed by atoms with Crippen molar-refractivity contribution in [3.8, 4) is 0 Å². The van der Waals surface area contributed by atoms with Gasteiger partial charge in [-0.1, -0.05) is 27.7 Å². The van der Waals surface area contributed by atoms with Gasteiger partial charge in [-0.2, -0.15) is 0 Å². The predicted molar refractivity (Wildman–Crippen MR) is 81.6 cm³/mol. The molecule has 0 aliphatic heterocycles. The van der Waals surface area contributed by atoms with Gasteiger partial charge in [0.05, 0.1) is 25.3 Å². The molecule has 4 N–H and O–H groups in total. The molecule has 0 spiro atoms. The Morgan fingerprint density at radius 1 is 0.810 bits per heavy atom. The highest BCUT2D eigenvalue weighted by Gasteiger charge is 2.18. The van der Waals surface area contributed by atoms with Crippen molar-refractivity contribution in [1.82, 2.24) is 10.6 Å². The van der Waals surface area contributed by atoms with E-state index in [0.29, 0.717) is 24.7 Å². The van der Waals surface area contributed by atoms with Crippen LogP contribution in [0.5, 0.6) is 0 Å². The minimum atomic E-state index is -0.409. The molecule has 0 bridgehead atoms. The Morgan fingerprint density at radius 3 is 1.38 bits per heavy atom. The first kappa shape index (κ1) is 19.9. The van der Waals surface area contributed by atoms with Gasteiger partial charge in [-0.3, -0.25) is 9.59 Å². The zero-order chi connectivity index (χ0) is 16.4. The van der Waals surface area contributed by atoms with E-state index in [1.807, 2.05) is 27.7 Å². The summed E-state index contributed by atoms with van der Waals surface area (Å²) < 4.78 is 0. The fourth-order valence-electron chi connectivity index (χ4n) is 2.20. The van der Waals surface area contributed by atoms with Crippen LogP contribution in [0.3, 0.4) is 0 Å². The van der Waals surface area contributed by atoms with Crippen molar-refractivity contribution >= 4 is 11.8 Å². The predicted octanol–water partition coefficient (Wildman–Crippen LogP) is 0.423. The van der Waals surface area contributed by atoms with Crippen molar-refractivity contribution in [3.05, 3.63) is 0 Å². The Hall–Kier alpha value is -1.14. The Bertz CT molecular complexity index is 289. The minimum absolute atomic E-state index is 0.141. The van der Waals surface area contributed by atoms with Crippen molar-refractivity contribution in [2.45, 2.75) is 59.0 Å². The molecular weight excluding hydrogens is 272 g/mol. The van der Waals surface area contributed by atoms with Crippen molar-refractivity contribution < 1.29 is 19.8 Å². The molecular formula is C15H30N2O4. The van der Waals surface area contributed by atoms with E-state index in [9.17, 15) is 19.8 Å². The molecule has 0 aliphatic rings. The average molecular weight is 302 g/mol. The van der Waals surface area contributed by atoms with Crippen LogP contribution in [-0.2, 0) is 9.59 Å². The number of carbonyl (C=O) groups is 2. The van der Waals surface area contributed by atoms with Crippen molar-refractivity contribution in [2.75, 3.05) is 13.2 Å². The summed E-state index contributed by atoms with van der Waals surface area (Å²) in [5, 5.41) is 23.7. The maximum atomic E-state index is 11.8. The topological polar surface area (TPSA) is 98.7 Å². The van der Waals surface area contributed by atoms with Crippen LogP contribution < -0.4 is 10.6 Å². The molecule has 0 aromatic heterocycles. The molecule has 0 heterocycles. The van der Waals surface area contributed by atoms with Crippen molar-refractivity contribution in [2.24, 2.45) is 11.8 Å². The lowest BCUT2D eigenvalue weighted by Gasteiger charge is -2.20. The smallest absolute Gasteiger partial charge is 0.229 e. The number of hydrogen-bond donors (Lipinski definition) is 4. The van der Waals surface area contributed by atoms with Gasteiger partial charge < -0.3 is 20.8 Å². The molecule has 0 radical (unpaired) electrons. The standard InChI is InChI=1S/C15H30N2O4/c1-10(2)5-12(8-18)16-14(20)7-15(21)17-13(9-19)6-11(3)4/h10-13,18-19H,5-9H2,1-4H3,(H,16,20)(H,17,21)/t12-,13-/m1/s1. The van der Waals surface area contributed by atoms with Crippen molar-refractivity contribution in [1.29, 1.82) is 0 Å². The molecule has 0 rings (SSSR count). The monoisotopic (exact) mass is 302 g/mol. The van der Waals surface area contributed by atoms with Gasteiger partial charge in [0, 0.05) is 0 Å². The maximum absolute atomic E-state index is 11.8. The average Bonchev–Trinajstić information content (AvgIpc) is 2.35. The second-order valence-electron chi connectivity index (χ2n) is 6.33. The molecule has 6 heteroatoms. The van der Waals surface area contributed by atoms with Crippen LogP contribution >= 0.6 is 0 Å². The molecule has 21 heavy (non-hydrogen) atoms. The third kappa shape index (κ3) is 10.3. The van der Waals surface area contributed by atoms with Gasteiger partial charge in [0.1, 0.15) is 6.42 Å². The summed E-state index contributed by atoms with van der Waals surface area (Å²) in [6.45, 7) is 7.72. The molecule has 124 valence electrons. The number of nitrogens with one attached hydrogen (secondary N) is 2. The van der Waals surface area contributed by atoms with E-state index < -0.39 is 11.8 Å². The lowest BCUT2D eigenvalue weighted by molar-refractivity contribution is -0.130. The largest absolute Gasteiger partial charge is 0.394 e. The first-order chi connectivity index (χ1) is 9.78. The van der Waals surface area contributed by atoms with Gasteiger partial charge >= 0.3 is 0 Å². The first-order valence-electron chi connectivity index (χ1n) is 7.58. The van der Waals surface area contributed by atoms with E-state index in [4.69, 9.17) is 0 Å². The fourth-order valence-corrected chi connectivity index (χ4v) is 2.20. The lowest BCUT2D eigenvalue weighted by Crippen LogP contribution is -2.43. The molecule has 0 saturated carbocycles. The van der Waals surface area contributed by atoms with Gasteiger partial charge in [-0.25, -0.2) is 0 Å². The quantitative estimate of drug-likeness (QED) is 0.440. The van der Waals surface area contributed by atoms with Crippen LogP contribution in [0.25, 0.3) is 0 Å². The van der Waals surface area contributed by atoms with Crippen LogP contribution in [0, 0.1) is 11.8 Å². The van der Waals surface area contributed by atoms with Crippen LogP contribution in [0.15, 0.2) is 0 Å². The number of aliphatic hydroxyl groups excluding tert-OH is 2. The van der Waals surface area contributed by atoms with Gasteiger partial charge in [0.25, 0.3) is 0 Å². The van der Waals surface area contributed by atoms with E-state index >= 15 is 0 Å². The summed E-state index contributed by atoms with van der Waals surface area (Å²) in [5.74, 6) is -0.121. The highest BCUT2D eigenvalue weighted by molar-refractivity contribution is 5.97.